The summed E-state index contributed by atoms with van der Waals surface area (Å²) in [5.41, 5.74) is 16.5. The first-order valence-electron chi connectivity index (χ1n) is 7.02. The SMILES string of the molecule is CC(C)(CN(CCCN)CCCN)OCCCN. The molecule has 5 nitrogen and oxygen atoms in total. The highest BCUT2D eigenvalue weighted by Crippen LogP contribution is 2.12. The van der Waals surface area contributed by atoms with Crippen molar-refractivity contribution in [2.75, 3.05) is 45.9 Å². The molecule has 110 valence electrons. The zero-order chi connectivity index (χ0) is 13.9. The fourth-order valence-electron chi connectivity index (χ4n) is 1.92. The second-order valence-electron chi connectivity index (χ2n) is 5.31. The third-order valence-electron chi connectivity index (χ3n) is 2.80. The highest BCUT2D eigenvalue weighted by Gasteiger charge is 2.21. The van der Waals surface area contributed by atoms with Crippen molar-refractivity contribution in [3.8, 4) is 0 Å². The van der Waals surface area contributed by atoms with Gasteiger partial charge in [-0.3, -0.25) is 0 Å². The standard InChI is InChI=1S/C13H32N4O/c1-13(2,18-11-5-8-16)12-17(9-3-6-14)10-4-7-15/h3-12,14-16H2,1-2H3. The maximum Gasteiger partial charge on any atom is 0.0752 e. The summed E-state index contributed by atoms with van der Waals surface area (Å²) in [5.74, 6) is 0. The molecule has 0 radical (unpaired) electrons. The quantitative estimate of drug-likeness (QED) is 0.434. The van der Waals surface area contributed by atoms with Crippen molar-refractivity contribution in [3.05, 3.63) is 0 Å². The van der Waals surface area contributed by atoms with Crippen LogP contribution in [0.2, 0.25) is 0 Å². The molecule has 0 spiro atoms. The average Bonchev–Trinajstić information content (AvgIpc) is 2.32. The van der Waals surface area contributed by atoms with Crippen molar-refractivity contribution in [1.29, 1.82) is 0 Å². The molecule has 0 aromatic heterocycles. The van der Waals surface area contributed by atoms with Crippen LogP contribution >= 0.6 is 0 Å². The van der Waals surface area contributed by atoms with Crippen molar-refractivity contribution >= 4 is 0 Å². The third-order valence-corrected chi connectivity index (χ3v) is 2.80. The van der Waals surface area contributed by atoms with Crippen LogP contribution in [0.4, 0.5) is 0 Å². The van der Waals surface area contributed by atoms with E-state index in [0.717, 1.165) is 58.6 Å². The van der Waals surface area contributed by atoms with Crippen LogP contribution in [0.15, 0.2) is 0 Å². The van der Waals surface area contributed by atoms with Crippen molar-refractivity contribution in [2.45, 2.75) is 38.7 Å². The maximum absolute atomic E-state index is 5.88. The number of rotatable bonds is 12. The zero-order valence-corrected chi connectivity index (χ0v) is 12.2. The summed E-state index contributed by atoms with van der Waals surface area (Å²) in [6, 6.07) is 0. The molecule has 6 N–H and O–H groups in total. The van der Waals surface area contributed by atoms with E-state index in [-0.39, 0.29) is 5.60 Å². The number of hydrogen-bond acceptors (Lipinski definition) is 5. The highest BCUT2D eigenvalue weighted by atomic mass is 16.5. The first-order valence-corrected chi connectivity index (χ1v) is 7.02. The predicted octanol–water partition coefficient (Wildman–Crippen LogP) is 0.130. The molecule has 0 aromatic rings. The maximum atomic E-state index is 5.88. The van der Waals surface area contributed by atoms with Crippen LogP contribution in [0.25, 0.3) is 0 Å². The fourth-order valence-corrected chi connectivity index (χ4v) is 1.92. The van der Waals surface area contributed by atoms with Crippen molar-refractivity contribution < 1.29 is 4.74 Å². The minimum atomic E-state index is -0.141. The molecule has 0 aromatic carbocycles. The molecule has 0 aliphatic heterocycles. The molecular formula is C13H32N4O. The van der Waals surface area contributed by atoms with Gasteiger partial charge >= 0.3 is 0 Å². The second-order valence-corrected chi connectivity index (χ2v) is 5.31. The van der Waals surface area contributed by atoms with E-state index in [9.17, 15) is 0 Å². The van der Waals surface area contributed by atoms with Crippen LogP contribution in [0, 0.1) is 0 Å². The van der Waals surface area contributed by atoms with Gasteiger partial charge in [-0.25, -0.2) is 0 Å². The summed E-state index contributed by atoms with van der Waals surface area (Å²) in [6.45, 7) is 10.1. The monoisotopic (exact) mass is 260 g/mol. The molecule has 5 heteroatoms. The van der Waals surface area contributed by atoms with Gasteiger partial charge in [-0.05, 0) is 65.8 Å². The van der Waals surface area contributed by atoms with E-state index in [2.05, 4.69) is 18.7 Å². The Kier molecular flexibility index (Phi) is 10.6. The van der Waals surface area contributed by atoms with E-state index in [1.807, 2.05) is 0 Å². The van der Waals surface area contributed by atoms with Gasteiger partial charge in [-0.2, -0.15) is 0 Å². The minimum absolute atomic E-state index is 0.141. The van der Waals surface area contributed by atoms with Gasteiger partial charge in [0.15, 0.2) is 0 Å². The largest absolute Gasteiger partial charge is 0.374 e. The average molecular weight is 260 g/mol. The van der Waals surface area contributed by atoms with Crippen molar-refractivity contribution in [1.82, 2.24) is 4.90 Å². The second kappa shape index (κ2) is 10.7. The Hall–Kier alpha value is -0.200. The summed E-state index contributed by atoms with van der Waals surface area (Å²) in [7, 11) is 0. The molecule has 0 saturated heterocycles. The Morgan fingerprint density at radius 3 is 1.83 bits per heavy atom. The zero-order valence-electron chi connectivity index (χ0n) is 12.2. The van der Waals surface area contributed by atoms with Gasteiger partial charge in [0, 0.05) is 13.2 Å². The van der Waals surface area contributed by atoms with E-state index in [0.29, 0.717) is 6.54 Å². The topological polar surface area (TPSA) is 90.5 Å². The summed E-state index contributed by atoms with van der Waals surface area (Å²) in [5, 5.41) is 0. The summed E-state index contributed by atoms with van der Waals surface area (Å²) in [6.07, 6.45) is 2.95. The Morgan fingerprint density at radius 1 is 0.889 bits per heavy atom. The molecular weight excluding hydrogens is 228 g/mol. The van der Waals surface area contributed by atoms with Gasteiger partial charge in [-0.1, -0.05) is 0 Å². The molecule has 18 heavy (non-hydrogen) atoms. The number of nitrogens with zero attached hydrogens (tertiary/aromatic N) is 1. The smallest absolute Gasteiger partial charge is 0.0752 e. The van der Waals surface area contributed by atoms with E-state index < -0.39 is 0 Å². The van der Waals surface area contributed by atoms with Crippen LogP contribution < -0.4 is 17.2 Å². The van der Waals surface area contributed by atoms with Crippen molar-refractivity contribution in [3.63, 3.8) is 0 Å². The Morgan fingerprint density at radius 2 is 1.39 bits per heavy atom. The van der Waals surface area contributed by atoms with Crippen LogP contribution in [-0.2, 0) is 4.74 Å². The van der Waals surface area contributed by atoms with Gasteiger partial charge in [0.25, 0.3) is 0 Å². The molecule has 0 rings (SSSR count). The van der Waals surface area contributed by atoms with Gasteiger partial charge in [0.2, 0.25) is 0 Å². The van der Waals surface area contributed by atoms with Crippen molar-refractivity contribution in [2.24, 2.45) is 17.2 Å². The van der Waals surface area contributed by atoms with Crippen LogP contribution in [0.3, 0.4) is 0 Å². The van der Waals surface area contributed by atoms with E-state index in [4.69, 9.17) is 21.9 Å². The lowest BCUT2D eigenvalue weighted by molar-refractivity contribution is -0.0406. The molecule has 0 fully saturated rings. The highest BCUT2D eigenvalue weighted by molar-refractivity contribution is 4.75. The van der Waals surface area contributed by atoms with Gasteiger partial charge in [0.05, 0.1) is 5.60 Å². The first-order chi connectivity index (χ1) is 8.55. The molecule has 0 aliphatic carbocycles. The first kappa shape index (κ1) is 17.8. The third kappa shape index (κ3) is 9.79. The molecule has 0 atom stereocenters. The molecule has 0 saturated carbocycles. The van der Waals surface area contributed by atoms with Crippen LogP contribution in [-0.4, -0.2) is 56.4 Å². The van der Waals surface area contributed by atoms with E-state index >= 15 is 0 Å². The van der Waals surface area contributed by atoms with Crippen LogP contribution in [0.5, 0.6) is 0 Å². The Balaban J connectivity index is 4.07. The van der Waals surface area contributed by atoms with Gasteiger partial charge in [0.1, 0.15) is 0 Å². The summed E-state index contributed by atoms with van der Waals surface area (Å²) < 4.78 is 5.88. The summed E-state index contributed by atoms with van der Waals surface area (Å²) >= 11 is 0. The minimum Gasteiger partial charge on any atom is -0.374 e. The normalized spacial score (nSPS) is 12.3. The molecule has 0 bridgehead atoms. The van der Waals surface area contributed by atoms with E-state index in [1.54, 1.807) is 0 Å². The van der Waals surface area contributed by atoms with E-state index in [1.165, 1.54) is 0 Å². The lowest BCUT2D eigenvalue weighted by atomic mass is 10.1. The number of hydrogen-bond donors (Lipinski definition) is 3. The van der Waals surface area contributed by atoms with Crippen LogP contribution in [0.1, 0.15) is 33.1 Å². The Labute approximate surface area is 112 Å². The number of nitrogens with two attached hydrogens (primary N) is 3. The molecule has 0 heterocycles. The van der Waals surface area contributed by atoms with Gasteiger partial charge < -0.3 is 26.8 Å². The molecule has 0 aliphatic rings. The molecule has 0 unspecified atom stereocenters. The Bertz CT molecular complexity index is 180. The van der Waals surface area contributed by atoms with Gasteiger partial charge in [-0.15, -0.1) is 0 Å². The summed E-state index contributed by atoms with van der Waals surface area (Å²) in [4.78, 5) is 2.39. The number of ether oxygens (including phenoxy) is 1. The predicted molar refractivity (Wildman–Crippen MR) is 77.5 cm³/mol. The molecule has 0 amide bonds. The lowest BCUT2D eigenvalue weighted by Crippen LogP contribution is -2.42. The lowest BCUT2D eigenvalue weighted by Gasteiger charge is -2.33. The fraction of sp³-hybridized carbons (Fsp3) is 1.00.